The van der Waals surface area contributed by atoms with Gasteiger partial charge in [-0.2, -0.15) is 5.10 Å². The minimum absolute atomic E-state index is 0.175. The summed E-state index contributed by atoms with van der Waals surface area (Å²) in [6.07, 6.45) is 1.62. The van der Waals surface area contributed by atoms with Crippen molar-refractivity contribution in [2.75, 3.05) is 18.1 Å². The molecule has 3 aromatic rings. The van der Waals surface area contributed by atoms with Gasteiger partial charge in [0.15, 0.2) is 0 Å². The summed E-state index contributed by atoms with van der Waals surface area (Å²) in [6.45, 7) is 11.5. The molecule has 0 saturated heterocycles. The third-order valence-corrected chi connectivity index (χ3v) is 6.72. The van der Waals surface area contributed by atoms with Crippen LogP contribution >= 0.6 is 0 Å². The molecule has 0 saturated carbocycles. The fourth-order valence-corrected chi connectivity index (χ4v) is 4.68. The predicted molar refractivity (Wildman–Crippen MR) is 142 cm³/mol. The summed E-state index contributed by atoms with van der Waals surface area (Å²) in [7, 11) is 0. The van der Waals surface area contributed by atoms with Gasteiger partial charge in [0, 0.05) is 17.8 Å². The second kappa shape index (κ2) is 10.6. The molecule has 7 nitrogen and oxygen atoms in total. The van der Waals surface area contributed by atoms with Crippen LogP contribution in [0.5, 0.6) is 5.75 Å². The first-order valence-corrected chi connectivity index (χ1v) is 12.8. The number of para-hydroxylation sites is 1. The molecule has 190 valence electrons. The quantitative estimate of drug-likeness (QED) is 0.455. The molecule has 36 heavy (non-hydrogen) atoms. The van der Waals surface area contributed by atoms with Crippen LogP contribution in [0.25, 0.3) is 11.3 Å². The molecule has 2 aromatic carbocycles. The molecule has 1 aliphatic heterocycles. The number of carbonyl (C=O) groups excluding carboxylic acids is 2. The van der Waals surface area contributed by atoms with Gasteiger partial charge in [-0.15, -0.1) is 0 Å². The second-order valence-electron chi connectivity index (χ2n) is 9.86. The second-order valence-corrected chi connectivity index (χ2v) is 9.86. The predicted octanol–water partition coefficient (Wildman–Crippen LogP) is 5.09. The summed E-state index contributed by atoms with van der Waals surface area (Å²) in [5, 5.41) is 7.83. The lowest BCUT2D eigenvalue weighted by atomic mass is 9.92. The molecule has 0 aliphatic carbocycles. The van der Waals surface area contributed by atoms with Crippen molar-refractivity contribution >= 4 is 17.5 Å². The summed E-state index contributed by atoms with van der Waals surface area (Å²) in [4.78, 5) is 29.4. The number of aryl methyl sites for hydroxylation is 1. The maximum Gasteiger partial charge on any atom is 0.277 e. The van der Waals surface area contributed by atoms with Gasteiger partial charge in [-0.25, -0.2) is 0 Å². The van der Waals surface area contributed by atoms with E-state index in [1.54, 1.807) is 9.58 Å². The van der Waals surface area contributed by atoms with Crippen LogP contribution in [-0.4, -0.2) is 40.3 Å². The van der Waals surface area contributed by atoms with Crippen LogP contribution in [0.4, 0.5) is 5.69 Å². The minimum Gasteiger partial charge on any atom is -0.494 e. The van der Waals surface area contributed by atoms with Crippen molar-refractivity contribution in [1.29, 1.82) is 0 Å². The zero-order valence-corrected chi connectivity index (χ0v) is 21.9. The van der Waals surface area contributed by atoms with E-state index < -0.39 is 5.54 Å². The molecule has 1 atom stereocenters. The van der Waals surface area contributed by atoms with Crippen molar-refractivity contribution in [3.05, 3.63) is 65.9 Å². The van der Waals surface area contributed by atoms with Crippen LogP contribution in [0.1, 0.15) is 57.1 Å². The van der Waals surface area contributed by atoms with E-state index in [1.165, 1.54) is 0 Å². The first-order valence-electron chi connectivity index (χ1n) is 12.8. The number of hydrogen-bond donors (Lipinski definition) is 1. The number of rotatable bonds is 9. The zero-order chi connectivity index (χ0) is 25.9. The Morgan fingerprint density at radius 1 is 1.14 bits per heavy atom. The molecule has 1 aromatic heterocycles. The monoisotopic (exact) mass is 488 g/mol. The summed E-state index contributed by atoms with van der Waals surface area (Å²) in [5.41, 5.74) is 2.70. The number of ether oxygens (including phenoxy) is 1. The average Bonchev–Trinajstić information content (AvgIpc) is 3.28. The highest BCUT2D eigenvalue weighted by Crippen LogP contribution is 2.36. The average molecular weight is 489 g/mol. The van der Waals surface area contributed by atoms with Crippen LogP contribution in [0.3, 0.4) is 0 Å². The van der Waals surface area contributed by atoms with Crippen molar-refractivity contribution in [3.8, 4) is 17.0 Å². The molecular formula is C29H36N4O3. The van der Waals surface area contributed by atoms with Gasteiger partial charge < -0.3 is 10.1 Å². The van der Waals surface area contributed by atoms with Crippen molar-refractivity contribution < 1.29 is 14.3 Å². The van der Waals surface area contributed by atoms with Crippen molar-refractivity contribution in [2.24, 2.45) is 5.92 Å². The highest BCUT2D eigenvalue weighted by molar-refractivity contribution is 6.12. The fraction of sp³-hybridized carbons (Fsp3) is 0.414. The zero-order valence-electron chi connectivity index (χ0n) is 21.9. The molecule has 0 fully saturated rings. The lowest BCUT2D eigenvalue weighted by Gasteiger charge is -2.43. The number of carbonyl (C=O) groups is 2. The van der Waals surface area contributed by atoms with Crippen LogP contribution in [-0.2, 0) is 17.8 Å². The largest absolute Gasteiger partial charge is 0.494 e. The summed E-state index contributed by atoms with van der Waals surface area (Å²) in [6, 6.07) is 17.3. The summed E-state index contributed by atoms with van der Waals surface area (Å²) >= 11 is 0. The summed E-state index contributed by atoms with van der Waals surface area (Å²) < 4.78 is 7.23. The Bertz CT molecular complexity index is 1230. The molecule has 4 rings (SSSR count). The molecule has 2 amide bonds. The van der Waals surface area contributed by atoms with Gasteiger partial charge in [-0.3, -0.25) is 19.2 Å². The Kier molecular flexibility index (Phi) is 7.48. The molecule has 1 aliphatic rings. The molecule has 7 heteroatoms. The Balaban J connectivity index is 1.75. The molecule has 0 radical (unpaired) electrons. The lowest BCUT2D eigenvalue weighted by molar-refractivity contribution is -0.126. The third kappa shape index (κ3) is 4.87. The molecule has 0 spiro atoms. The standard InChI is InChI=1S/C29H36N4O3/c1-6-21-10-8-9-11-25(21)33-27(34)26-18-24(22-12-14-23(15-13-22)36-7-2)31-32(26)19-29(33,5)28(35)30-17-16-20(3)4/h8-15,18,20H,6-7,16-17,19H2,1-5H3,(H,30,35). The number of anilines is 1. The highest BCUT2D eigenvalue weighted by Gasteiger charge is 2.49. The highest BCUT2D eigenvalue weighted by atomic mass is 16.5. The lowest BCUT2D eigenvalue weighted by Crippen LogP contribution is -2.64. The number of hydrogen-bond acceptors (Lipinski definition) is 4. The van der Waals surface area contributed by atoms with E-state index in [-0.39, 0.29) is 18.4 Å². The molecule has 0 bridgehead atoms. The van der Waals surface area contributed by atoms with E-state index in [9.17, 15) is 9.59 Å². The van der Waals surface area contributed by atoms with Crippen molar-refractivity contribution in [2.45, 2.75) is 59.5 Å². The van der Waals surface area contributed by atoms with Crippen LogP contribution in [0.2, 0.25) is 0 Å². The van der Waals surface area contributed by atoms with Crippen molar-refractivity contribution in [1.82, 2.24) is 15.1 Å². The van der Waals surface area contributed by atoms with Crippen LogP contribution in [0, 0.1) is 5.92 Å². The molecular weight excluding hydrogens is 452 g/mol. The number of nitrogens with zero attached hydrogens (tertiary/aromatic N) is 3. The van der Waals surface area contributed by atoms with Gasteiger partial charge in [0.25, 0.3) is 5.91 Å². The normalized spacial score (nSPS) is 17.3. The number of benzene rings is 2. The SMILES string of the molecule is CCOc1ccc(-c2cc3n(n2)CC(C)(C(=O)NCCC(C)C)N(c2ccccc2CC)C3=O)cc1. The van der Waals surface area contributed by atoms with Crippen LogP contribution in [0.15, 0.2) is 54.6 Å². The van der Waals surface area contributed by atoms with E-state index in [0.717, 1.165) is 35.4 Å². The fourth-order valence-electron chi connectivity index (χ4n) is 4.68. The van der Waals surface area contributed by atoms with Gasteiger partial charge in [-0.1, -0.05) is 39.0 Å². The van der Waals surface area contributed by atoms with E-state index >= 15 is 0 Å². The maximum atomic E-state index is 14.0. The Morgan fingerprint density at radius 3 is 2.53 bits per heavy atom. The van der Waals surface area contributed by atoms with Crippen molar-refractivity contribution in [3.63, 3.8) is 0 Å². The summed E-state index contributed by atoms with van der Waals surface area (Å²) in [5.74, 6) is 0.853. The third-order valence-electron chi connectivity index (χ3n) is 6.72. The van der Waals surface area contributed by atoms with Gasteiger partial charge >= 0.3 is 0 Å². The minimum atomic E-state index is -1.13. The van der Waals surface area contributed by atoms with Crippen LogP contribution < -0.4 is 15.0 Å². The maximum absolute atomic E-state index is 14.0. The first-order chi connectivity index (χ1) is 17.3. The Hall–Kier alpha value is -3.61. The van der Waals surface area contributed by atoms with Gasteiger partial charge in [0.05, 0.1) is 18.8 Å². The Labute approximate surface area is 213 Å². The Morgan fingerprint density at radius 2 is 1.86 bits per heavy atom. The topological polar surface area (TPSA) is 76.5 Å². The molecule has 2 heterocycles. The first kappa shape index (κ1) is 25.5. The van der Waals surface area contributed by atoms with E-state index in [0.29, 0.717) is 30.5 Å². The van der Waals surface area contributed by atoms with Gasteiger partial charge in [-0.05, 0) is 74.6 Å². The number of fused-ring (bicyclic) bond motifs is 1. The number of aromatic nitrogens is 2. The number of amides is 2. The van der Waals surface area contributed by atoms with Gasteiger partial charge in [0.1, 0.15) is 17.0 Å². The molecule has 1 N–H and O–H groups in total. The van der Waals surface area contributed by atoms with E-state index in [1.807, 2.05) is 68.4 Å². The van der Waals surface area contributed by atoms with E-state index in [2.05, 4.69) is 26.1 Å². The molecule has 1 unspecified atom stereocenters. The number of nitrogens with one attached hydrogen (secondary N) is 1. The van der Waals surface area contributed by atoms with Gasteiger partial charge in [0.2, 0.25) is 5.91 Å². The van der Waals surface area contributed by atoms with E-state index in [4.69, 9.17) is 9.84 Å². The smallest absolute Gasteiger partial charge is 0.277 e.